The van der Waals surface area contributed by atoms with E-state index in [9.17, 15) is 13.2 Å². The van der Waals surface area contributed by atoms with Gasteiger partial charge in [-0.05, 0) is 24.3 Å². The number of rotatable bonds is 2. The van der Waals surface area contributed by atoms with E-state index in [0.717, 1.165) is 12.2 Å². The molecule has 0 unspecified atom stereocenters. The number of hydrogen-bond acceptors (Lipinski definition) is 5. The molecule has 0 saturated heterocycles. The van der Waals surface area contributed by atoms with Gasteiger partial charge in [-0.2, -0.15) is 0 Å². The summed E-state index contributed by atoms with van der Waals surface area (Å²) in [6, 6.07) is 6.09. The Morgan fingerprint density at radius 2 is 1.32 bits per heavy atom. The fraction of sp³-hybridized carbons (Fsp3) is 0. The Morgan fingerprint density at radius 3 is 1.68 bits per heavy atom. The van der Waals surface area contributed by atoms with E-state index in [2.05, 4.69) is 0 Å². The van der Waals surface area contributed by atoms with Crippen LogP contribution in [0.3, 0.4) is 0 Å². The molecule has 96 valence electrons. The Hall–Kier alpha value is -2.34. The molecule has 0 spiro atoms. The minimum atomic E-state index is -3.83. The third kappa shape index (κ3) is 1.86. The zero-order valence-electron chi connectivity index (χ0n) is 9.57. The Labute approximate surface area is 108 Å². The Morgan fingerprint density at radius 1 is 0.842 bits per heavy atom. The second kappa shape index (κ2) is 4.10. The van der Waals surface area contributed by atoms with Gasteiger partial charge in [0.1, 0.15) is 21.3 Å². The largest absolute Gasteiger partial charge is 0.464 e. The molecule has 19 heavy (non-hydrogen) atoms. The van der Waals surface area contributed by atoms with Gasteiger partial charge in [-0.15, -0.1) is 0 Å². The number of ketones is 1. The lowest BCUT2D eigenvalue weighted by atomic mass is 10.2. The quantitative estimate of drug-likeness (QED) is 0.840. The Balaban J connectivity index is 2.18. The van der Waals surface area contributed by atoms with Gasteiger partial charge in [-0.1, -0.05) is 0 Å². The average molecular weight is 276 g/mol. The summed E-state index contributed by atoms with van der Waals surface area (Å²) in [6.45, 7) is 0. The standard InChI is InChI=1S/C13H8O5S/c14-9-7-12(10-3-1-5-17-10)19(15,16)13(8-9)11-4-2-6-18-11/h1-8H. The number of carbonyl (C=O) groups is 1. The van der Waals surface area contributed by atoms with Gasteiger partial charge in [0.25, 0.3) is 0 Å². The van der Waals surface area contributed by atoms with Crippen LogP contribution in [0.15, 0.2) is 57.8 Å². The number of allylic oxidation sites excluding steroid dienone is 2. The van der Waals surface area contributed by atoms with Gasteiger partial charge in [0.05, 0.1) is 12.5 Å². The zero-order valence-corrected chi connectivity index (χ0v) is 10.4. The molecule has 0 bridgehead atoms. The maximum absolute atomic E-state index is 12.4. The number of hydrogen-bond donors (Lipinski definition) is 0. The van der Waals surface area contributed by atoms with Crippen LogP contribution in [0.1, 0.15) is 11.5 Å². The average Bonchev–Trinajstić information content (AvgIpc) is 3.03. The molecule has 2 aromatic heterocycles. The van der Waals surface area contributed by atoms with Crippen LogP contribution < -0.4 is 0 Å². The van der Waals surface area contributed by atoms with E-state index >= 15 is 0 Å². The van der Waals surface area contributed by atoms with Crippen LogP contribution in [0.5, 0.6) is 0 Å². The second-order valence-electron chi connectivity index (χ2n) is 3.88. The second-order valence-corrected chi connectivity index (χ2v) is 5.76. The monoisotopic (exact) mass is 276 g/mol. The molecule has 0 amide bonds. The first-order valence-corrected chi connectivity index (χ1v) is 6.87. The van der Waals surface area contributed by atoms with Gasteiger partial charge in [-0.25, -0.2) is 8.42 Å². The molecule has 6 heteroatoms. The van der Waals surface area contributed by atoms with E-state index in [0.29, 0.717) is 0 Å². The van der Waals surface area contributed by atoms with E-state index in [4.69, 9.17) is 8.83 Å². The molecule has 0 atom stereocenters. The first kappa shape index (κ1) is 11.7. The van der Waals surface area contributed by atoms with Gasteiger partial charge in [0, 0.05) is 12.2 Å². The Kier molecular flexibility index (Phi) is 2.53. The number of carbonyl (C=O) groups excluding carboxylic acids is 1. The summed E-state index contributed by atoms with van der Waals surface area (Å²) >= 11 is 0. The van der Waals surface area contributed by atoms with Crippen LogP contribution in [0.25, 0.3) is 9.81 Å². The van der Waals surface area contributed by atoms with Crippen molar-refractivity contribution in [3.05, 3.63) is 60.5 Å². The van der Waals surface area contributed by atoms with Crippen molar-refractivity contribution >= 4 is 25.4 Å². The van der Waals surface area contributed by atoms with Crippen molar-refractivity contribution in [2.45, 2.75) is 0 Å². The first-order valence-electron chi connectivity index (χ1n) is 5.39. The van der Waals surface area contributed by atoms with E-state index in [1.807, 2.05) is 0 Å². The van der Waals surface area contributed by atoms with Crippen molar-refractivity contribution in [1.82, 2.24) is 0 Å². The summed E-state index contributed by atoms with van der Waals surface area (Å²) in [7, 11) is -3.83. The van der Waals surface area contributed by atoms with Gasteiger partial charge >= 0.3 is 0 Å². The smallest absolute Gasteiger partial charge is 0.214 e. The number of sulfone groups is 1. The minimum Gasteiger partial charge on any atom is -0.464 e. The summed E-state index contributed by atoms with van der Waals surface area (Å²) in [5.74, 6) is -0.163. The molecular weight excluding hydrogens is 268 g/mol. The van der Waals surface area contributed by atoms with Crippen LogP contribution in [0.4, 0.5) is 0 Å². The van der Waals surface area contributed by atoms with Crippen molar-refractivity contribution in [1.29, 1.82) is 0 Å². The lowest BCUT2D eigenvalue weighted by Crippen LogP contribution is -2.12. The predicted molar refractivity (Wildman–Crippen MR) is 67.3 cm³/mol. The van der Waals surface area contributed by atoms with Crippen molar-refractivity contribution < 1.29 is 22.0 Å². The summed E-state index contributed by atoms with van der Waals surface area (Å²) in [5.41, 5.74) is 0. The third-order valence-electron chi connectivity index (χ3n) is 2.65. The molecule has 0 saturated carbocycles. The molecule has 0 N–H and O–H groups in total. The highest BCUT2D eigenvalue weighted by Gasteiger charge is 2.33. The van der Waals surface area contributed by atoms with Crippen LogP contribution in [0.2, 0.25) is 0 Å². The molecule has 0 fully saturated rings. The Bertz CT molecular complexity index is 714. The van der Waals surface area contributed by atoms with Gasteiger partial charge in [-0.3, -0.25) is 4.79 Å². The molecule has 0 radical (unpaired) electrons. The van der Waals surface area contributed by atoms with Crippen molar-refractivity contribution in [3.63, 3.8) is 0 Å². The fourth-order valence-electron chi connectivity index (χ4n) is 1.82. The van der Waals surface area contributed by atoms with Crippen molar-refractivity contribution in [2.75, 3.05) is 0 Å². The van der Waals surface area contributed by atoms with Gasteiger partial charge < -0.3 is 8.83 Å². The third-order valence-corrected chi connectivity index (χ3v) is 4.45. The first-order chi connectivity index (χ1) is 9.09. The van der Waals surface area contributed by atoms with Gasteiger partial charge in [0.2, 0.25) is 9.84 Å². The van der Waals surface area contributed by atoms with Crippen LogP contribution >= 0.6 is 0 Å². The summed E-state index contributed by atoms with van der Waals surface area (Å²) in [5, 5.41) is 0. The zero-order chi connectivity index (χ0) is 13.5. The highest BCUT2D eigenvalue weighted by atomic mass is 32.2. The van der Waals surface area contributed by atoms with Gasteiger partial charge in [0.15, 0.2) is 5.78 Å². The lowest BCUT2D eigenvalue weighted by Gasteiger charge is -2.12. The molecule has 1 aliphatic rings. The van der Waals surface area contributed by atoms with E-state index in [-0.39, 0.29) is 21.3 Å². The minimum absolute atomic E-state index is 0.130. The molecule has 0 aromatic carbocycles. The maximum Gasteiger partial charge on any atom is 0.214 e. The molecule has 0 aliphatic carbocycles. The lowest BCUT2D eigenvalue weighted by molar-refractivity contribution is -0.110. The summed E-state index contributed by atoms with van der Waals surface area (Å²) < 4.78 is 35.0. The SMILES string of the molecule is O=C1C=C(c2ccco2)S(=O)(=O)C(c2ccco2)=C1. The maximum atomic E-state index is 12.4. The number of furan rings is 2. The van der Waals surface area contributed by atoms with Crippen molar-refractivity contribution in [2.24, 2.45) is 0 Å². The fourth-order valence-corrected chi connectivity index (χ4v) is 3.36. The van der Waals surface area contributed by atoms with E-state index < -0.39 is 15.6 Å². The molecule has 5 nitrogen and oxygen atoms in total. The summed E-state index contributed by atoms with van der Waals surface area (Å²) in [6.07, 6.45) is 4.78. The summed E-state index contributed by atoms with van der Waals surface area (Å²) in [4.78, 5) is 11.3. The van der Waals surface area contributed by atoms with E-state index in [1.165, 1.54) is 24.7 Å². The molecule has 3 heterocycles. The molecule has 1 aliphatic heterocycles. The molecule has 2 aromatic rings. The highest BCUT2D eigenvalue weighted by molar-refractivity contribution is 8.09. The van der Waals surface area contributed by atoms with Crippen LogP contribution in [0, 0.1) is 0 Å². The van der Waals surface area contributed by atoms with Crippen LogP contribution in [-0.2, 0) is 14.6 Å². The van der Waals surface area contributed by atoms with E-state index in [1.54, 1.807) is 12.1 Å². The van der Waals surface area contributed by atoms with Crippen molar-refractivity contribution in [3.8, 4) is 0 Å². The molecular formula is C13H8O5S. The highest BCUT2D eigenvalue weighted by Crippen LogP contribution is 2.36. The predicted octanol–water partition coefficient (Wildman–Crippen LogP) is 2.25. The normalized spacial score (nSPS) is 18.0. The molecule has 3 rings (SSSR count). The van der Waals surface area contributed by atoms with Crippen LogP contribution in [-0.4, -0.2) is 14.2 Å². The topological polar surface area (TPSA) is 77.5 Å².